The highest BCUT2D eigenvalue weighted by atomic mass is 35.5. The molecular formula is C28H19ClFN3O3S2. The van der Waals surface area contributed by atoms with Crippen molar-refractivity contribution < 1.29 is 19.1 Å². The third-order valence-corrected chi connectivity index (χ3v) is 8.14. The molecule has 0 aliphatic carbocycles. The lowest BCUT2D eigenvalue weighted by atomic mass is 9.96. The van der Waals surface area contributed by atoms with E-state index in [-0.39, 0.29) is 10.7 Å². The first-order chi connectivity index (χ1) is 18.4. The van der Waals surface area contributed by atoms with Crippen LogP contribution in [0.5, 0.6) is 0 Å². The van der Waals surface area contributed by atoms with Crippen LogP contribution in [0.4, 0.5) is 9.52 Å². The lowest BCUT2D eigenvalue weighted by molar-refractivity contribution is -0.117. The second-order valence-electron chi connectivity index (χ2n) is 8.27. The first-order valence-corrected chi connectivity index (χ1v) is 13.6. The third kappa shape index (κ3) is 5.55. The molecule has 4 aromatic rings. The van der Waals surface area contributed by atoms with Crippen LogP contribution in [0, 0.1) is 5.82 Å². The van der Waals surface area contributed by atoms with E-state index in [1.807, 2.05) is 42.5 Å². The molecule has 1 aliphatic heterocycles. The number of ketones is 1. The number of hydrogen-bond acceptors (Lipinski definition) is 7. The van der Waals surface area contributed by atoms with Gasteiger partial charge in [-0.3, -0.25) is 14.5 Å². The molecule has 10 heteroatoms. The van der Waals surface area contributed by atoms with Gasteiger partial charge in [0.2, 0.25) is 5.13 Å². The zero-order valence-corrected chi connectivity index (χ0v) is 22.0. The van der Waals surface area contributed by atoms with Gasteiger partial charge in [-0.1, -0.05) is 95.4 Å². The van der Waals surface area contributed by atoms with Gasteiger partial charge in [0, 0.05) is 10.8 Å². The molecular weight excluding hydrogens is 545 g/mol. The fraction of sp³-hybridized carbons (Fsp3) is 0.0714. The van der Waals surface area contributed by atoms with Crippen molar-refractivity contribution >= 4 is 57.6 Å². The summed E-state index contributed by atoms with van der Waals surface area (Å²) in [5, 5.41) is 20.1. The summed E-state index contributed by atoms with van der Waals surface area (Å²) in [6, 6.07) is 21.0. The van der Waals surface area contributed by atoms with Crippen LogP contribution in [0.3, 0.4) is 0 Å². The summed E-state index contributed by atoms with van der Waals surface area (Å²) < 4.78 is 14.3. The van der Waals surface area contributed by atoms with E-state index in [1.54, 1.807) is 18.2 Å². The van der Waals surface area contributed by atoms with Crippen molar-refractivity contribution in [3.63, 3.8) is 0 Å². The SMILES string of the molecule is O=C(/C=C/c1ccccc1)C1=C(O)C(=O)N(c2nnc(SCc3ccc(Cl)cc3)s2)C1c1ccc(F)cc1. The lowest BCUT2D eigenvalue weighted by Gasteiger charge is -2.23. The Morgan fingerprint density at radius 3 is 2.47 bits per heavy atom. The fourth-order valence-electron chi connectivity index (χ4n) is 3.92. The van der Waals surface area contributed by atoms with Crippen molar-refractivity contribution in [3.05, 3.63) is 124 Å². The molecule has 1 unspecified atom stereocenters. The summed E-state index contributed by atoms with van der Waals surface area (Å²) >= 11 is 8.55. The number of nitrogens with zero attached hydrogens (tertiary/aromatic N) is 3. The highest BCUT2D eigenvalue weighted by Gasteiger charge is 2.45. The average molecular weight is 564 g/mol. The molecule has 38 heavy (non-hydrogen) atoms. The van der Waals surface area contributed by atoms with Crippen molar-refractivity contribution in [2.24, 2.45) is 0 Å². The molecule has 0 radical (unpaired) electrons. The molecule has 1 atom stereocenters. The van der Waals surface area contributed by atoms with E-state index in [0.29, 0.717) is 20.7 Å². The Labute approximate surface area is 231 Å². The number of carbonyl (C=O) groups excluding carboxylic acids is 2. The number of benzene rings is 3. The molecule has 6 nitrogen and oxygen atoms in total. The van der Waals surface area contributed by atoms with Gasteiger partial charge in [-0.2, -0.15) is 0 Å². The van der Waals surface area contributed by atoms with Gasteiger partial charge in [0.05, 0.1) is 11.6 Å². The Morgan fingerprint density at radius 2 is 1.76 bits per heavy atom. The van der Waals surface area contributed by atoms with Crippen LogP contribution in [0.25, 0.3) is 6.08 Å². The van der Waals surface area contributed by atoms with Crippen LogP contribution in [0.15, 0.2) is 101 Å². The minimum absolute atomic E-state index is 0.112. The van der Waals surface area contributed by atoms with E-state index in [1.165, 1.54) is 47.0 Å². The Morgan fingerprint density at radius 1 is 1.05 bits per heavy atom. The number of rotatable bonds is 8. The number of thioether (sulfide) groups is 1. The first-order valence-electron chi connectivity index (χ1n) is 11.4. The fourth-order valence-corrected chi connectivity index (χ4v) is 5.87. The van der Waals surface area contributed by atoms with Crippen LogP contribution >= 0.6 is 34.7 Å². The van der Waals surface area contributed by atoms with Gasteiger partial charge in [-0.15, -0.1) is 10.2 Å². The van der Waals surface area contributed by atoms with Gasteiger partial charge in [0.25, 0.3) is 5.91 Å². The van der Waals surface area contributed by atoms with Crippen LogP contribution in [-0.4, -0.2) is 27.0 Å². The molecule has 2 heterocycles. The molecule has 3 aromatic carbocycles. The van der Waals surface area contributed by atoms with E-state index in [4.69, 9.17) is 11.6 Å². The molecule has 1 aliphatic rings. The van der Waals surface area contributed by atoms with Gasteiger partial charge in [-0.25, -0.2) is 4.39 Å². The molecule has 0 saturated carbocycles. The van der Waals surface area contributed by atoms with Gasteiger partial charge in [-0.05, 0) is 47.0 Å². The number of amides is 1. The lowest BCUT2D eigenvalue weighted by Crippen LogP contribution is -2.30. The average Bonchev–Trinajstić information content (AvgIpc) is 3.50. The predicted molar refractivity (Wildman–Crippen MR) is 148 cm³/mol. The van der Waals surface area contributed by atoms with Gasteiger partial charge in [0.1, 0.15) is 5.82 Å². The Bertz CT molecular complexity index is 1540. The van der Waals surface area contributed by atoms with Crippen LogP contribution in [0.1, 0.15) is 22.7 Å². The first kappa shape index (κ1) is 25.8. The van der Waals surface area contributed by atoms with Gasteiger partial charge in [0.15, 0.2) is 15.9 Å². The van der Waals surface area contributed by atoms with Crippen LogP contribution < -0.4 is 4.90 Å². The minimum atomic E-state index is -1.00. The number of carbonyl (C=O) groups is 2. The van der Waals surface area contributed by atoms with Crippen molar-refractivity contribution in [1.82, 2.24) is 10.2 Å². The molecule has 1 N–H and O–H groups in total. The van der Waals surface area contributed by atoms with Crippen LogP contribution in [0.2, 0.25) is 5.02 Å². The maximum absolute atomic E-state index is 13.7. The maximum atomic E-state index is 13.7. The van der Waals surface area contributed by atoms with Crippen molar-refractivity contribution in [3.8, 4) is 0 Å². The smallest absolute Gasteiger partial charge is 0.296 e. The van der Waals surface area contributed by atoms with E-state index >= 15 is 0 Å². The van der Waals surface area contributed by atoms with Gasteiger partial charge < -0.3 is 5.11 Å². The number of halogens is 2. The zero-order chi connectivity index (χ0) is 26.6. The summed E-state index contributed by atoms with van der Waals surface area (Å²) in [7, 11) is 0. The molecule has 1 aromatic heterocycles. The number of aliphatic hydroxyl groups excluding tert-OH is 1. The molecule has 0 saturated heterocycles. The largest absolute Gasteiger partial charge is 0.503 e. The van der Waals surface area contributed by atoms with E-state index < -0.39 is 29.3 Å². The summed E-state index contributed by atoms with van der Waals surface area (Å²) in [6.45, 7) is 0. The number of allylic oxidation sites excluding steroid dienone is 1. The number of aromatic nitrogens is 2. The third-order valence-electron chi connectivity index (χ3n) is 5.76. The minimum Gasteiger partial charge on any atom is -0.503 e. The number of anilines is 1. The monoisotopic (exact) mass is 563 g/mol. The Balaban J connectivity index is 1.45. The standard InChI is InChI=1S/C28H19ClFN3O3S2/c29-20-11-6-18(7-12-20)16-37-28-32-31-27(38-28)33-24(19-9-13-21(30)14-10-19)23(25(35)26(33)36)22(34)15-8-17-4-2-1-3-5-17/h1-15,24,35H,16H2/b15-8+. The molecule has 0 fully saturated rings. The summed E-state index contributed by atoms with van der Waals surface area (Å²) in [4.78, 5) is 27.8. The second kappa shape index (κ2) is 11.3. The van der Waals surface area contributed by atoms with Crippen molar-refractivity contribution in [2.75, 3.05) is 4.90 Å². The molecule has 190 valence electrons. The zero-order valence-electron chi connectivity index (χ0n) is 19.6. The topological polar surface area (TPSA) is 83.4 Å². The molecule has 1 amide bonds. The number of hydrogen-bond donors (Lipinski definition) is 1. The number of aliphatic hydroxyl groups is 1. The van der Waals surface area contributed by atoms with Crippen molar-refractivity contribution in [1.29, 1.82) is 0 Å². The highest BCUT2D eigenvalue weighted by Crippen LogP contribution is 2.43. The highest BCUT2D eigenvalue weighted by molar-refractivity contribution is 8.00. The van der Waals surface area contributed by atoms with Gasteiger partial charge >= 0.3 is 0 Å². The maximum Gasteiger partial charge on any atom is 0.296 e. The Kier molecular flexibility index (Phi) is 7.69. The van der Waals surface area contributed by atoms with E-state index in [9.17, 15) is 19.1 Å². The quantitative estimate of drug-likeness (QED) is 0.144. The molecule has 0 spiro atoms. The van der Waals surface area contributed by atoms with E-state index in [2.05, 4.69) is 10.2 Å². The Hall–Kier alpha value is -3.79. The second-order valence-corrected chi connectivity index (χ2v) is 10.9. The normalized spacial score (nSPS) is 15.6. The summed E-state index contributed by atoms with van der Waals surface area (Å²) in [5.74, 6) is -1.85. The summed E-state index contributed by atoms with van der Waals surface area (Å²) in [5.41, 5.74) is 2.16. The van der Waals surface area contributed by atoms with E-state index in [0.717, 1.165) is 22.5 Å². The predicted octanol–water partition coefficient (Wildman–Crippen LogP) is 6.81. The molecule has 0 bridgehead atoms. The van der Waals surface area contributed by atoms with Crippen LogP contribution in [-0.2, 0) is 15.3 Å². The molecule has 5 rings (SSSR count). The van der Waals surface area contributed by atoms with Crippen molar-refractivity contribution in [2.45, 2.75) is 16.1 Å². The summed E-state index contributed by atoms with van der Waals surface area (Å²) in [6.07, 6.45) is 2.91.